The molecule has 0 aliphatic carbocycles. The molecule has 4 rings (SSSR count). The average molecular weight is 347 g/mol. The van der Waals surface area contributed by atoms with E-state index in [2.05, 4.69) is 15.2 Å². The summed E-state index contributed by atoms with van der Waals surface area (Å²) >= 11 is 0. The average Bonchev–Trinajstić information content (AvgIpc) is 2.93. The Balaban J connectivity index is 1.75. The second-order valence-electron chi connectivity index (χ2n) is 5.86. The standard InChI is InChI=1S/C19H13N3O4/c1-10-6-7-14-12(8-10)16(18(24)20-14)21-22-17(23)13-9-11-4-2-3-5-15(11)26-19(13)25/h2-9,20,24H,1H3. The zero-order chi connectivity index (χ0) is 18.3. The van der Waals surface area contributed by atoms with Gasteiger partial charge < -0.3 is 14.5 Å². The quantitative estimate of drug-likeness (QED) is 0.418. The van der Waals surface area contributed by atoms with Crippen molar-refractivity contribution in [1.29, 1.82) is 0 Å². The van der Waals surface area contributed by atoms with Crippen LogP contribution in [0.1, 0.15) is 15.9 Å². The minimum atomic E-state index is -0.842. The van der Waals surface area contributed by atoms with E-state index in [1.807, 2.05) is 19.1 Å². The molecule has 0 bridgehead atoms. The van der Waals surface area contributed by atoms with Gasteiger partial charge in [-0.25, -0.2) is 4.79 Å². The van der Waals surface area contributed by atoms with Gasteiger partial charge in [-0.05, 0) is 31.2 Å². The number of aryl methyl sites for hydroxylation is 1. The molecule has 26 heavy (non-hydrogen) atoms. The number of para-hydroxylation sites is 1. The molecule has 2 aromatic carbocycles. The summed E-state index contributed by atoms with van der Waals surface area (Å²) in [7, 11) is 0. The van der Waals surface area contributed by atoms with Gasteiger partial charge in [-0.2, -0.15) is 0 Å². The number of aromatic nitrogens is 1. The third-order valence-electron chi connectivity index (χ3n) is 4.02. The third kappa shape index (κ3) is 2.65. The molecule has 0 saturated heterocycles. The molecule has 1 amide bonds. The topological polar surface area (TPSA) is 108 Å². The Labute approximate surface area is 146 Å². The molecule has 7 heteroatoms. The highest BCUT2D eigenvalue weighted by atomic mass is 16.4. The maximum absolute atomic E-state index is 12.3. The number of hydrogen-bond acceptors (Lipinski definition) is 5. The molecule has 0 aliphatic rings. The first-order valence-electron chi connectivity index (χ1n) is 7.83. The smallest absolute Gasteiger partial charge is 0.349 e. The van der Waals surface area contributed by atoms with Gasteiger partial charge in [0.25, 0.3) is 0 Å². The summed E-state index contributed by atoms with van der Waals surface area (Å²) in [6, 6.07) is 13.8. The highest BCUT2D eigenvalue weighted by molar-refractivity contribution is 5.98. The number of aromatic hydroxyl groups is 1. The van der Waals surface area contributed by atoms with Crippen LogP contribution in [0.25, 0.3) is 21.9 Å². The first-order chi connectivity index (χ1) is 12.5. The summed E-state index contributed by atoms with van der Waals surface area (Å²) in [5, 5.41) is 18.7. The third-order valence-corrected chi connectivity index (χ3v) is 4.02. The Bertz CT molecular complexity index is 1250. The lowest BCUT2D eigenvalue weighted by Crippen LogP contribution is -2.11. The van der Waals surface area contributed by atoms with Crippen molar-refractivity contribution in [3.8, 4) is 5.88 Å². The lowest BCUT2D eigenvalue weighted by Gasteiger charge is -1.98. The van der Waals surface area contributed by atoms with Crippen molar-refractivity contribution in [3.05, 3.63) is 70.1 Å². The molecule has 0 saturated carbocycles. The molecule has 0 spiro atoms. The molecule has 0 radical (unpaired) electrons. The number of nitrogens with zero attached hydrogens (tertiary/aromatic N) is 2. The highest BCUT2D eigenvalue weighted by Crippen LogP contribution is 2.35. The first kappa shape index (κ1) is 15.8. The maximum Gasteiger partial charge on any atom is 0.349 e. The van der Waals surface area contributed by atoms with Gasteiger partial charge >= 0.3 is 11.5 Å². The number of amides is 1. The predicted molar refractivity (Wildman–Crippen MR) is 96.0 cm³/mol. The molecule has 128 valence electrons. The Morgan fingerprint density at radius 3 is 2.81 bits per heavy atom. The number of H-pyrrole nitrogens is 1. The van der Waals surface area contributed by atoms with Gasteiger partial charge in [-0.15, -0.1) is 10.2 Å². The van der Waals surface area contributed by atoms with Gasteiger partial charge in [0.15, 0.2) is 5.69 Å². The van der Waals surface area contributed by atoms with Crippen LogP contribution in [0.5, 0.6) is 5.88 Å². The van der Waals surface area contributed by atoms with Gasteiger partial charge in [0, 0.05) is 10.8 Å². The molecular formula is C19H13N3O4. The zero-order valence-electron chi connectivity index (χ0n) is 13.7. The molecule has 0 fully saturated rings. The summed E-state index contributed by atoms with van der Waals surface area (Å²) in [4.78, 5) is 27.1. The molecule has 4 aromatic rings. The number of rotatable bonds is 2. The van der Waals surface area contributed by atoms with E-state index in [1.54, 1.807) is 30.3 Å². The number of aromatic amines is 1. The van der Waals surface area contributed by atoms with Crippen LogP contribution < -0.4 is 5.63 Å². The summed E-state index contributed by atoms with van der Waals surface area (Å²) in [6.45, 7) is 1.90. The number of azo groups is 1. The van der Waals surface area contributed by atoms with Crippen molar-refractivity contribution >= 4 is 33.5 Å². The van der Waals surface area contributed by atoms with E-state index in [0.717, 1.165) is 5.56 Å². The number of nitrogens with one attached hydrogen (secondary N) is 1. The van der Waals surface area contributed by atoms with Crippen LogP contribution in [0, 0.1) is 6.92 Å². The van der Waals surface area contributed by atoms with E-state index in [-0.39, 0.29) is 17.1 Å². The normalized spacial score (nSPS) is 11.6. The molecule has 0 aliphatic heterocycles. The minimum Gasteiger partial charge on any atom is -0.493 e. The lowest BCUT2D eigenvalue weighted by atomic mass is 10.1. The van der Waals surface area contributed by atoms with Crippen LogP contribution in [0.4, 0.5) is 5.69 Å². The van der Waals surface area contributed by atoms with Crippen LogP contribution in [0.15, 0.2) is 68.0 Å². The fourth-order valence-corrected chi connectivity index (χ4v) is 2.74. The van der Waals surface area contributed by atoms with Crippen molar-refractivity contribution in [3.63, 3.8) is 0 Å². The Morgan fingerprint density at radius 2 is 1.96 bits per heavy atom. The van der Waals surface area contributed by atoms with Crippen LogP contribution in [-0.2, 0) is 0 Å². The largest absolute Gasteiger partial charge is 0.493 e. The van der Waals surface area contributed by atoms with E-state index in [0.29, 0.717) is 21.9 Å². The molecule has 2 heterocycles. The van der Waals surface area contributed by atoms with Gasteiger partial charge in [0.1, 0.15) is 11.1 Å². The number of carbonyl (C=O) groups is 1. The number of hydrogen-bond donors (Lipinski definition) is 2. The van der Waals surface area contributed by atoms with E-state index in [1.165, 1.54) is 6.07 Å². The molecule has 0 unspecified atom stereocenters. The van der Waals surface area contributed by atoms with E-state index >= 15 is 0 Å². The molecule has 7 nitrogen and oxygen atoms in total. The SMILES string of the molecule is Cc1ccc2[nH]c(O)c(N=NC(=O)c3cc4ccccc4oc3=O)c2c1. The maximum atomic E-state index is 12.3. The Hall–Kier alpha value is -3.74. The summed E-state index contributed by atoms with van der Waals surface area (Å²) in [6.07, 6.45) is 0. The van der Waals surface area contributed by atoms with Gasteiger partial charge in [-0.3, -0.25) is 4.79 Å². The molecule has 2 aromatic heterocycles. The van der Waals surface area contributed by atoms with Crippen molar-refractivity contribution in [2.24, 2.45) is 10.2 Å². The highest BCUT2D eigenvalue weighted by Gasteiger charge is 2.15. The first-order valence-corrected chi connectivity index (χ1v) is 7.83. The lowest BCUT2D eigenvalue weighted by molar-refractivity contribution is 0.0991. The van der Waals surface area contributed by atoms with Gasteiger partial charge in [-0.1, -0.05) is 29.8 Å². The monoisotopic (exact) mass is 347 g/mol. The second-order valence-corrected chi connectivity index (χ2v) is 5.86. The summed E-state index contributed by atoms with van der Waals surface area (Å²) in [5.41, 5.74) is 1.15. The Kier molecular flexibility index (Phi) is 3.62. The van der Waals surface area contributed by atoms with Crippen molar-refractivity contribution in [2.45, 2.75) is 6.92 Å². The number of carbonyl (C=O) groups excluding carboxylic acids is 1. The van der Waals surface area contributed by atoms with Crippen LogP contribution >= 0.6 is 0 Å². The van der Waals surface area contributed by atoms with Crippen LogP contribution in [0.3, 0.4) is 0 Å². The fraction of sp³-hybridized carbons (Fsp3) is 0.0526. The van der Waals surface area contributed by atoms with Crippen LogP contribution in [0.2, 0.25) is 0 Å². The van der Waals surface area contributed by atoms with Crippen molar-refractivity contribution < 1.29 is 14.3 Å². The molecule has 2 N–H and O–H groups in total. The fourth-order valence-electron chi connectivity index (χ4n) is 2.74. The summed E-state index contributed by atoms with van der Waals surface area (Å²) < 4.78 is 5.13. The number of benzene rings is 2. The number of fused-ring (bicyclic) bond motifs is 2. The van der Waals surface area contributed by atoms with Gasteiger partial charge in [0.2, 0.25) is 5.88 Å². The Morgan fingerprint density at radius 1 is 1.15 bits per heavy atom. The zero-order valence-corrected chi connectivity index (χ0v) is 13.7. The second kappa shape index (κ2) is 5.96. The van der Waals surface area contributed by atoms with Crippen molar-refractivity contribution in [2.75, 3.05) is 0 Å². The predicted octanol–water partition coefficient (Wildman–Crippen LogP) is 4.21. The van der Waals surface area contributed by atoms with Gasteiger partial charge in [0.05, 0.1) is 5.52 Å². The van der Waals surface area contributed by atoms with E-state index in [9.17, 15) is 14.7 Å². The van der Waals surface area contributed by atoms with Crippen LogP contribution in [-0.4, -0.2) is 16.0 Å². The summed E-state index contributed by atoms with van der Waals surface area (Å²) in [5.74, 6) is -1.04. The van der Waals surface area contributed by atoms with Crippen molar-refractivity contribution in [1.82, 2.24) is 4.98 Å². The van der Waals surface area contributed by atoms with E-state index in [4.69, 9.17) is 4.42 Å². The molecular weight excluding hydrogens is 334 g/mol. The minimum absolute atomic E-state index is 0.141. The molecule has 0 atom stereocenters. The van der Waals surface area contributed by atoms with E-state index < -0.39 is 11.5 Å².